The number of nitrogens with two attached hydrogens (primary N) is 1. The topological polar surface area (TPSA) is 72.5 Å². The number of fused-ring (bicyclic) bond motifs is 1. The first-order valence-electron chi connectivity index (χ1n) is 6.91. The van der Waals surface area contributed by atoms with E-state index >= 15 is 0 Å². The summed E-state index contributed by atoms with van der Waals surface area (Å²) in [6, 6.07) is 6.33. The third-order valence-corrected chi connectivity index (χ3v) is 3.56. The zero-order valence-corrected chi connectivity index (χ0v) is 12.1. The zero-order valence-electron chi connectivity index (χ0n) is 12.1. The number of rotatable bonds is 3. The standard InChI is InChI=1S/C15H19N5/c1-4-5-11-13-14(16)17-18-15(13)20(19-11)12-8-9(2)6-7-10(12)3/h6-8H,4-5H2,1-3H3,(H3,16,17,18). The molecule has 2 aromatic heterocycles. The molecule has 0 fully saturated rings. The van der Waals surface area contributed by atoms with E-state index in [1.807, 2.05) is 4.68 Å². The number of anilines is 1. The number of H-pyrrole nitrogens is 1. The minimum atomic E-state index is 0.597. The van der Waals surface area contributed by atoms with Gasteiger partial charge in [-0.05, 0) is 37.5 Å². The first-order valence-corrected chi connectivity index (χ1v) is 6.91. The molecule has 0 unspecified atom stereocenters. The second-order valence-electron chi connectivity index (χ2n) is 5.23. The van der Waals surface area contributed by atoms with Crippen molar-refractivity contribution in [1.29, 1.82) is 0 Å². The van der Waals surface area contributed by atoms with Gasteiger partial charge in [0, 0.05) is 0 Å². The summed E-state index contributed by atoms with van der Waals surface area (Å²) in [6.07, 6.45) is 1.93. The van der Waals surface area contributed by atoms with Crippen molar-refractivity contribution in [2.45, 2.75) is 33.6 Å². The molecule has 0 aliphatic carbocycles. The van der Waals surface area contributed by atoms with Gasteiger partial charge in [0.15, 0.2) is 5.65 Å². The lowest BCUT2D eigenvalue weighted by Gasteiger charge is -2.07. The van der Waals surface area contributed by atoms with Crippen LogP contribution < -0.4 is 5.73 Å². The third kappa shape index (κ3) is 1.86. The van der Waals surface area contributed by atoms with Gasteiger partial charge in [-0.15, -0.1) is 0 Å². The molecule has 0 amide bonds. The van der Waals surface area contributed by atoms with Gasteiger partial charge in [0.25, 0.3) is 0 Å². The Bertz CT molecular complexity index is 766. The Morgan fingerprint density at radius 2 is 2.10 bits per heavy atom. The van der Waals surface area contributed by atoms with Crippen molar-refractivity contribution in [3.8, 4) is 5.69 Å². The Labute approximate surface area is 117 Å². The molecule has 0 radical (unpaired) electrons. The Balaban J connectivity index is 2.28. The van der Waals surface area contributed by atoms with Crippen molar-refractivity contribution in [2.75, 3.05) is 5.73 Å². The first-order chi connectivity index (χ1) is 9.61. The predicted octanol–water partition coefficient (Wildman–Crippen LogP) is 2.90. The van der Waals surface area contributed by atoms with E-state index in [-0.39, 0.29) is 0 Å². The van der Waals surface area contributed by atoms with E-state index in [1.54, 1.807) is 0 Å². The van der Waals surface area contributed by atoms with Gasteiger partial charge in [0.2, 0.25) is 0 Å². The molecule has 20 heavy (non-hydrogen) atoms. The number of nitrogens with zero attached hydrogens (tertiary/aromatic N) is 3. The van der Waals surface area contributed by atoms with Gasteiger partial charge in [-0.2, -0.15) is 10.2 Å². The minimum absolute atomic E-state index is 0.597. The van der Waals surface area contributed by atoms with E-state index in [0.29, 0.717) is 5.82 Å². The van der Waals surface area contributed by atoms with Gasteiger partial charge in [-0.1, -0.05) is 25.5 Å². The summed E-state index contributed by atoms with van der Waals surface area (Å²) < 4.78 is 1.90. The van der Waals surface area contributed by atoms with Crippen LogP contribution in [0, 0.1) is 13.8 Å². The van der Waals surface area contributed by atoms with Gasteiger partial charge in [0.1, 0.15) is 5.82 Å². The van der Waals surface area contributed by atoms with Crippen molar-refractivity contribution >= 4 is 16.9 Å². The maximum absolute atomic E-state index is 6.00. The van der Waals surface area contributed by atoms with Crippen LogP contribution in [0.15, 0.2) is 18.2 Å². The highest BCUT2D eigenvalue weighted by molar-refractivity contribution is 5.90. The molecule has 0 aliphatic rings. The normalized spacial score (nSPS) is 11.3. The van der Waals surface area contributed by atoms with Crippen LogP contribution in [0.3, 0.4) is 0 Å². The van der Waals surface area contributed by atoms with Crippen LogP contribution in [0.2, 0.25) is 0 Å². The van der Waals surface area contributed by atoms with E-state index in [0.717, 1.165) is 35.3 Å². The van der Waals surface area contributed by atoms with E-state index in [4.69, 9.17) is 10.8 Å². The number of benzene rings is 1. The third-order valence-electron chi connectivity index (χ3n) is 3.56. The van der Waals surface area contributed by atoms with E-state index < -0.39 is 0 Å². The highest BCUT2D eigenvalue weighted by Gasteiger charge is 2.17. The number of aromatic amines is 1. The first kappa shape index (κ1) is 12.7. The highest BCUT2D eigenvalue weighted by Crippen LogP contribution is 2.27. The van der Waals surface area contributed by atoms with Crippen molar-refractivity contribution in [1.82, 2.24) is 20.0 Å². The summed E-state index contributed by atoms with van der Waals surface area (Å²) in [5.74, 6) is 0.597. The second kappa shape index (κ2) is 4.67. The molecular weight excluding hydrogens is 250 g/mol. The number of aromatic nitrogens is 4. The number of aryl methyl sites for hydroxylation is 3. The van der Waals surface area contributed by atoms with E-state index in [1.165, 1.54) is 11.1 Å². The van der Waals surface area contributed by atoms with Gasteiger partial charge < -0.3 is 5.73 Å². The smallest absolute Gasteiger partial charge is 0.186 e. The lowest BCUT2D eigenvalue weighted by Crippen LogP contribution is -2.01. The van der Waals surface area contributed by atoms with Crippen LogP contribution >= 0.6 is 0 Å². The largest absolute Gasteiger partial charge is 0.383 e. The number of hydrogen-bond donors (Lipinski definition) is 2. The number of nitrogen functional groups attached to an aromatic ring is 1. The van der Waals surface area contributed by atoms with Crippen molar-refractivity contribution in [3.63, 3.8) is 0 Å². The van der Waals surface area contributed by atoms with Crippen LogP contribution in [0.5, 0.6) is 0 Å². The molecule has 0 atom stereocenters. The van der Waals surface area contributed by atoms with Gasteiger partial charge in [-0.3, -0.25) is 5.10 Å². The van der Waals surface area contributed by atoms with Crippen LogP contribution in [-0.2, 0) is 6.42 Å². The predicted molar refractivity (Wildman–Crippen MR) is 81.1 cm³/mol. The molecule has 0 bridgehead atoms. The maximum atomic E-state index is 6.00. The van der Waals surface area contributed by atoms with Crippen LogP contribution in [0.25, 0.3) is 16.7 Å². The molecule has 5 heteroatoms. The Kier molecular flexibility index (Phi) is 2.97. The quantitative estimate of drug-likeness (QED) is 0.768. The van der Waals surface area contributed by atoms with Crippen molar-refractivity contribution in [3.05, 3.63) is 35.0 Å². The summed E-state index contributed by atoms with van der Waals surface area (Å²) in [4.78, 5) is 0. The Morgan fingerprint density at radius 1 is 1.30 bits per heavy atom. The van der Waals surface area contributed by atoms with Gasteiger partial charge >= 0.3 is 0 Å². The lowest BCUT2D eigenvalue weighted by molar-refractivity contribution is 0.806. The van der Waals surface area contributed by atoms with Crippen molar-refractivity contribution in [2.24, 2.45) is 0 Å². The minimum Gasteiger partial charge on any atom is -0.383 e. The summed E-state index contributed by atoms with van der Waals surface area (Å²) in [7, 11) is 0. The average molecular weight is 269 g/mol. The van der Waals surface area contributed by atoms with Crippen LogP contribution in [0.1, 0.15) is 30.2 Å². The molecule has 0 spiro atoms. The fraction of sp³-hybridized carbons (Fsp3) is 0.333. The number of nitrogens with one attached hydrogen (secondary N) is 1. The monoisotopic (exact) mass is 269 g/mol. The fourth-order valence-corrected chi connectivity index (χ4v) is 2.53. The zero-order chi connectivity index (χ0) is 14.3. The molecule has 3 aromatic rings. The highest BCUT2D eigenvalue weighted by atomic mass is 15.4. The molecule has 3 N–H and O–H groups in total. The molecule has 1 aromatic carbocycles. The van der Waals surface area contributed by atoms with Gasteiger partial charge in [-0.25, -0.2) is 4.68 Å². The fourth-order valence-electron chi connectivity index (χ4n) is 2.53. The molecule has 0 aliphatic heterocycles. The number of hydrogen-bond acceptors (Lipinski definition) is 3. The summed E-state index contributed by atoms with van der Waals surface area (Å²) in [6.45, 7) is 6.30. The lowest BCUT2D eigenvalue weighted by atomic mass is 10.1. The molecule has 0 saturated heterocycles. The van der Waals surface area contributed by atoms with E-state index in [2.05, 4.69) is 49.2 Å². The maximum Gasteiger partial charge on any atom is 0.186 e. The van der Waals surface area contributed by atoms with Crippen molar-refractivity contribution < 1.29 is 0 Å². The van der Waals surface area contributed by atoms with Crippen LogP contribution in [-0.4, -0.2) is 20.0 Å². The average Bonchev–Trinajstić information content (AvgIpc) is 2.96. The Morgan fingerprint density at radius 3 is 2.85 bits per heavy atom. The Hall–Kier alpha value is -2.30. The molecule has 0 saturated carbocycles. The van der Waals surface area contributed by atoms with Gasteiger partial charge in [0.05, 0.1) is 16.8 Å². The van der Waals surface area contributed by atoms with Crippen LogP contribution in [0.4, 0.5) is 5.82 Å². The van der Waals surface area contributed by atoms with E-state index in [9.17, 15) is 0 Å². The molecule has 3 rings (SSSR count). The summed E-state index contributed by atoms with van der Waals surface area (Å²) >= 11 is 0. The second-order valence-corrected chi connectivity index (χ2v) is 5.23. The summed E-state index contributed by atoms with van der Waals surface area (Å²) in [5, 5.41) is 12.9. The molecule has 104 valence electrons. The molecule has 5 nitrogen and oxygen atoms in total. The summed E-state index contributed by atoms with van der Waals surface area (Å²) in [5.41, 5.74) is 11.2. The molecular formula is C15H19N5. The SMILES string of the molecule is CCCc1nn(-c2cc(C)ccc2C)c2n[nH]c(N)c12. The molecule has 2 heterocycles.